The SMILES string of the molecule is CC(=O)N1C[C@@H](C)N(Cc2cccc(NC(=O)Nc3ccnc(C)c3)c2F)[C@@H](C)C1. The Hall–Kier alpha value is -3.00. The van der Waals surface area contributed by atoms with Crippen LogP contribution in [0, 0.1) is 12.7 Å². The van der Waals surface area contributed by atoms with Gasteiger partial charge in [-0.1, -0.05) is 12.1 Å². The molecule has 160 valence electrons. The Bertz CT molecular complexity index is 923. The van der Waals surface area contributed by atoms with Gasteiger partial charge in [0.2, 0.25) is 5.91 Å². The summed E-state index contributed by atoms with van der Waals surface area (Å²) >= 11 is 0. The number of rotatable bonds is 4. The third-order valence-electron chi connectivity index (χ3n) is 5.38. The van der Waals surface area contributed by atoms with Gasteiger partial charge >= 0.3 is 6.03 Å². The molecule has 0 bridgehead atoms. The van der Waals surface area contributed by atoms with Gasteiger partial charge in [-0.2, -0.15) is 0 Å². The van der Waals surface area contributed by atoms with Crippen molar-refractivity contribution in [3.63, 3.8) is 0 Å². The van der Waals surface area contributed by atoms with Crippen molar-refractivity contribution in [2.24, 2.45) is 0 Å². The molecule has 7 nitrogen and oxygen atoms in total. The first-order valence-electron chi connectivity index (χ1n) is 10.0. The molecule has 1 fully saturated rings. The maximum absolute atomic E-state index is 15.1. The van der Waals surface area contributed by atoms with Gasteiger partial charge in [0, 0.05) is 61.8 Å². The Kier molecular flexibility index (Phi) is 6.66. The fraction of sp³-hybridized carbons (Fsp3) is 0.409. The number of halogens is 1. The normalized spacial score (nSPS) is 19.4. The van der Waals surface area contributed by atoms with Gasteiger partial charge in [-0.15, -0.1) is 0 Å². The summed E-state index contributed by atoms with van der Waals surface area (Å²) < 4.78 is 15.1. The number of benzene rings is 1. The molecule has 0 radical (unpaired) electrons. The summed E-state index contributed by atoms with van der Waals surface area (Å²) in [6.45, 7) is 9.11. The predicted octanol–water partition coefficient (Wildman–Crippen LogP) is 3.61. The zero-order valence-electron chi connectivity index (χ0n) is 17.8. The number of pyridine rings is 1. The van der Waals surface area contributed by atoms with Crippen LogP contribution >= 0.6 is 0 Å². The minimum Gasteiger partial charge on any atom is -0.340 e. The predicted molar refractivity (Wildman–Crippen MR) is 115 cm³/mol. The molecule has 2 aromatic rings. The Morgan fingerprint density at radius 1 is 1.17 bits per heavy atom. The molecule has 1 aromatic heterocycles. The monoisotopic (exact) mass is 413 g/mol. The molecule has 3 amide bonds. The van der Waals surface area contributed by atoms with Crippen LogP contribution in [0.5, 0.6) is 0 Å². The van der Waals surface area contributed by atoms with Crippen LogP contribution in [-0.4, -0.2) is 51.9 Å². The first-order valence-corrected chi connectivity index (χ1v) is 10.0. The maximum atomic E-state index is 15.1. The highest BCUT2D eigenvalue weighted by molar-refractivity contribution is 5.99. The number of urea groups is 1. The van der Waals surface area contributed by atoms with Crippen molar-refractivity contribution in [1.29, 1.82) is 0 Å². The number of carbonyl (C=O) groups excluding carboxylic acids is 2. The van der Waals surface area contributed by atoms with Crippen molar-refractivity contribution in [3.8, 4) is 0 Å². The molecule has 0 aliphatic carbocycles. The lowest BCUT2D eigenvalue weighted by Crippen LogP contribution is -2.57. The molecule has 2 N–H and O–H groups in total. The van der Waals surface area contributed by atoms with E-state index in [1.165, 1.54) is 6.07 Å². The van der Waals surface area contributed by atoms with E-state index in [-0.39, 0.29) is 23.7 Å². The van der Waals surface area contributed by atoms with E-state index in [9.17, 15) is 9.59 Å². The number of piperazine rings is 1. The number of nitrogens with zero attached hydrogens (tertiary/aromatic N) is 3. The van der Waals surface area contributed by atoms with Crippen LogP contribution in [-0.2, 0) is 11.3 Å². The molecule has 1 saturated heterocycles. The minimum atomic E-state index is -0.520. The molecular weight excluding hydrogens is 385 g/mol. The molecule has 2 heterocycles. The molecule has 2 atom stereocenters. The maximum Gasteiger partial charge on any atom is 0.323 e. The van der Waals surface area contributed by atoms with Gasteiger partial charge in [-0.3, -0.25) is 14.7 Å². The third kappa shape index (κ3) is 5.13. The molecule has 8 heteroatoms. The van der Waals surface area contributed by atoms with E-state index in [4.69, 9.17) is 0 Å². The molecular formula is C22H28FN5O2. The van der Waals surface area contributed by atoms with Crippen molar-refractivity contribution in [1.82, 2.24) is 14.8 Å². The summed E-state index contributed by atoms with van der Waals surface area (Å²) in [5, 5.41) is 5.27. The van der Waals surface area contributed by atoms with Crippen LogP contribution in [0.25, 0.3) is 0 Å². The minimum absolute atomic E-state index is 0.0566. The first kappa shape index (κ1) is 21.7. The van der Waals surface area contributed by atoms with E-state index in [2.05, 4.69) is 20.5 Å². The van der Waals surface area contributed by atoms with Gasteiger partial charge < -0.3 is 15.5 Å². The molecule has 1 aromatic carbocycles. The number of hydrogen-bond donors (Lipinski definition) is 2. The lowest BCUT2D eigenvalue weighted by molar-refractivity contribution is -0.133. The van der Waals surface area contributed by atoms with E-state index in [1.807, 2.05) is 25.7 Å². The first-order chi connectivity index (χ1) is 14.2. The molecule has 0 saturated carbocycles. The van der Waals surface area contributed by atoms with Gasteiger partial charge in [0.15, 0.2) is 5.82 Å². The second-order valence-corrected chi connectivity index (χ2v) is 7.84. The van der Waals surface area contributed by atoms with E-state index in [0.29, 0.717) is 30.9 Å². The average molecular weight is 413 g/mol. The van der Waals surface area contributed by atoms with Crippen LogP contribution in [0.15, 0.2) is 36.5 Å². The number of aryl methyl sites for hydroxylation is 1. The molecule has 30 heavy (non-hydrogen) atoms. The van der Waals surface area contributed by atoms with Gasteiger partial charge in [0.05, 0.1) is 5.69 Å². The number of aromatic nitrogens is 1. The Labute approximate surface area is 176 Å². The summed E-state index contributed by atoms with van der Waals surface area (Å²) in [6, 6.07) is 8.08. The summed E-state index contributed by atoms with van der Waals surface area (Å²) in [5.74, 6) is -0.395. The van der Waals surface area contributed by atoms with Gasteiger partial charge in [0.1, 0.15) is 0 Å². The molecule has 1 aliphatic heterocycles. The van der Waals surface area contributed by atoms with Gasteiger partial charge in [0.25, 0.3) is 0 Å². The highest BCUT2D eigenvalue weighted by Crippen LogP contribution is 2.24. The smallest absolute Gasteiger partial charge is 0.323 e. The number of hydrogen-bond acceptors (Lipinski definition) is 4. The zero-order valence-corrected chi connectivity index (χ0v) is 17.8. The lowest BCUT2D eigenvalue weighted by atomic mass is 10.1. The fourth-order valence-electron chi connectivity index (χ4n) is 3.83. The van der Waals surface area contributed by atoms with E-state index in [1.54, 1.807) is 37.4 Å². The zero-order chi connectivity index (χ0) is 21.8. The summed E-state index contributed by atoms with van der Waals surface area (Å²) in [7, 11) is 0. The van der Waals surface area contributed by atoms with Crippen LogP contribution in [0.2, 0.25) is 0 Å². The number of amides is 3. The standard InChI is InChI=1S/C22H28FN5O2/c1-14-10-19(8-9-24-14)25-22(30)26-20-7-5-6-18(21(20)23)13-28-15(2)11-27(17(4)29)12-16(28)3/h5-10,15-16H,11-13H2,1-4H3,(H2,24,25,26,30)/t15-,16+. The largest absolute Gasteiger partial charge is 0.340 e. The highest BCUT2D eigenvalue weighted by atomic mass is 19.1. The van der Waals surface area contributed by atoms with Gasteiger partial charge in [-0.05, 0) is 39.0 Å². The Balaban J connectivity index is 1.69. The molecule has 0 unspecified atom stereocenters. The average Bonchev–Trinajstić information content (AvgIpc) is 2.67. The summed E-state index contributed by atoms with van der Waals surface area (Å²) in [6.07, 6.45) is 1.60. The molecule has 3 rings (SSSR count). The molecule has 1 aliphatic rings. The lowest BCUT2D eigenvalue weighted by Gasteiger charge is -2.44. The van der Waals surface area contributed by atoms with Crippen molar-refractivity contribution in [3.05, 3.63) is 53.6 Å². The second kappa shape index (κ2) is 9.21. The van der Waals surface area contributed by atoms with E-state index >= 15 is 4.39 Å². The van der Waals surface area contributed by atoms with Crippen LogP contribution in [0.4, 0.5) is 20.6 Å². The Morgan fingerprint density at radius 3 is 2.50 bits per heavy atom. The van der Waals surface area contributed by atoms with Crippen LogP contribution in [0.1, 0.15) is 32.0 Å². The summed E-state index contributed by atoms with van der Waals surface area (Å²) in [4.78, 5) is 32.1. The van der Waals surface area contributed by atoms with Crippen molar-refractivity contribution >= 4 is 23.3 Å². The highest BCUT2D eigenvalue weighted by Gasteiger charge is 2.31. The fourth-order valence-corrected chi connectivity index (χ4v) is 3.83. The second-order valence-electron chi connectivity index (χ2n) is 7.84. The number of carbonyl (C=O) groups is 2. The van der Waals surface area contributed by atoms with E-state index in [0.717, 1.165) is 5.69 Å². The van der Waals surface area contributed by atoms with Crippen LogP contribution < -0.4 is 10.6 Å². The quantitative estimate of drug-likeness (QED) is 0.803. The van der Waals surface area contributed by atoms with Gasteiger partial charge in [-0.25, -0.2) is 9.18 Å². The van der Waals surface area contributed by atoms with Crippen molar-refractivity contribution < 1.29 is 14.0 Å². The van der Waals surface area contributed by atoms with Crippen LogP contribution in [0.3, 0.4) is 0 Å². The number of anilines is 2. The Morgan fingerprint density at radius 2 is 1.87 bits per heavy atom. The van der Waals surface area contributed by atoms with Crippen molar-refractivity contribution in [2.45, 2.75) is 46.3 Å². The van der Waals surface area contributed by atoms with E-state index < -0.39 is 11.8 Å². The summed E-state index contributed by atoms with van der Waals surface area (Å²) in [5.41, 5.74) is 1.98. The third-order valence-corrected chi connectivity index (χ3v) is 5.38. The number of nitrogens with one attached hydrogen (secondary N) is 2. The van der Waals surface area contributed by atoms with Crippen molar-refractivity contribution in [2.75, 3.05) is 23.7 Å². The molecule has 0 spiro atoms. The topological polar surface area (TPSA) is 77.6 Å².